The molecule has 5 heteroatoms. The van der Waals surface area contributed by atoms with Gasteiger partial charge in [-0.1, -0.05) is 31.9 Å². The van der Waals surface area contributed by atoms with Crippen molar-refractivity contribution in [3.8, 4) is 0 Å². The Kier molecular flexibility index (Phi) is 4.99. The number of aliphatic hydroxyl groups excluding tert-OH is 1. The second-order valence-electron chi connectivity index (χ2n) is 4.15. The first-order valence-electron chi connectivity index (χ1n) is 5.73. The van der Waals surface area contributed by atoms with Crippen LogP contribution in [-0.4, -0.2) is 42.8 Å². The molecule has 17 heavy (non-hydrogen) atoms. The van der Waals surface area contributed by atoms with Crippen molar-refractivity contribution in [3.05, 3.63) is 32.7 Å². The maximum Gasteiger partial charge on any atom is 0.0629 e. The van der Waals surface area contributed by atoms with Gasteiger partial charge >= 0.3 is 0 Å². The smallest absolute Gasteiger partial charge is 0.0629 e. The van der Waals surface area contributed by atoms with E-state index in [0.29, 0.717) is 0 Å². The fraction of sp³-hybridized carbons (Fsp3) is 0.500. The van der Waals surface area contributed by atoms with Crippen LogP contribution in [0.1, 0.15) is 11.6 Å². The van der Waals surface area contributed by atoms with Crippen molar-refractivity contribution in [2.24, 2.45) is 0 Å². The van der Waals surface area contributed by atoms with Gasteiger partial charge in [-0.05, 0) is 23.8 Å². The lowest BCUT2D eigenvalue weighted by Gasteiger charge is -2.34. The second-order valence-corrected chi connectivity index (χ2v) is 5.92. The normalized spacial score (nSPS) is 19.2. The third kappa shape index (κ3) is 3.29. The molecule has 2 rings (SSSR count). The maximum absolute atomic E-state index is 9.65. The standard InChI is InChI=1S/C12H16Br2N2O/c13-9-1-2-11(14)10(7-9)12(8-17)16-5-3-15-4-6-16/h1-2,7,12,15,17H,3-6,8H2/t12-/m1/s1. The first-order chi connectivity index (χ1) is 8.22. The SMILES string of the molecule is OC[C@H](c1cc(Br)ccc1Br)N1CCNCC1. The number of aliphatic hydroxyl groups is 1. The van der Waals surface area contributed by atoms with Crippen LogP contribution in [0.15, 0.2) is 27.1 Å². The van der Waals surface area contributed by atoms with Crippen LogP contribution in [0, 0.1) is 0 Å². The number of hydrogen-bond acceptors (Lipinski definition) is 3. The molecule has 1 aromatic rings. The van der Waals surface area contributed by atoms with Crippen LogP contribution in [0.2, 0.25) is 0 Å². The molecule has 1 aromatic carbocycles. The summed E-state index contributed by atoms with van der Waals surface area (Å²) in [4.78, 5) is 2.32. The van der Waals surface area contributed by atoms with Crippen LogP contribution in [0.3, 0.4) is 0 Å². The van der Waals surface area contributed by atoms with Crippen molar-refractivity contribution < 1.29 is 5.11 Å². The zero-order valence-electron chi connectivity index (χ0n) is 9.50. The predicted molar refractivity (Wildman–Crippen MR) is 76.1 cm³/mol. The number of piperazine rings is 1. The van der Waals surface area contributed by atoms with Gasteiger partial charge in [0.15, 0.2) is 0 Å². The summed E-state index contributed by atoms with van der Waals surface area (Å²) in [7, 11) is 0. The summed E-state index contributed by atoms with van der Waals surface area (Å²) in [5, 5.41) is 13.0. The molecule has 0 spiro atoms. The minimum Gasteiger partial charge on any atom is -0.394 e. The number of benzene rings is 1. The van der Waals surface area contributed by atoms with Crippen LogP contribution < -0.4 is 5.32 Å². The van der Waals surface area contributed by atoms with E-state index in [1.165, 1.54) is 0 Å². The minimum atomic E-state index is 0.0731. The van der Waals surface area contributed by atoms with Gasteiger partial charge in [0.2, 0.25) is 0 Å². The highest BCUT2D eigenvalue weighted by Crippen LogP contribution is 2.30. The molecule has 0 aromatic heterocycles. The molecule has 0 amide bonds. The predicted octanol–water partition coefficient (Wildman–Crippen LogP) is 2.15. The summed E-state index contributed by atoms with van der Waals surface area (Å²) in [6.45, 7) is 4.08. The zero-order chi connectivity index (χ0) is 12.3. The molecule has 1 aliphatic heterocycles. The van der Waals surface area contributed by atoms with E-state index in [-0.39, 0.29) is 12.6 Å². The monoisotopic (exact) mass is 362 g/mol. The highest BCUT2D eigenvalue weighted by Gasteiger charge is 2.23. The molecule has 1 saturated heterocycles. The van der Waals surface area contributed by atoms with Crippen LogP contribution in [0.25, 0.3) is 0 Å². The molecule has 1 heterocycles. The van der Waals surface area contributed by atoms with Crippen LogP contribution in [0.5, 0.6) is 0 Å². The first-order valence-corrected chi connectivity index (χ1v) is 7.31. The zero-order valence-corrected chi connectivity index (χ0v) is 12.7. The van der Waals surface area contributed by atoms with Crippen molar-refractivity contribution in [1.29, 1.82) is 0 Å². The third-order valence-electron chi connectivity index (χ3n) is 3.08. The van der Waals surface area contributed by atoms with Crippen LogP contribution >= 0.6 is 31.9 Å². The molecule has 3 nitrogen and oxygen atoms in total. The number of nitrogens with one attached hydrogen (secondary N) is 1. The topological polar surface area (TPSA) is 35.5 Å². The van der Waals surface area contributed by atoms with Gasteiger partial charge in [-0.15, -0.1) is 0 Å². The summed E-state index contributed by atoms with van der Waals surface area (Å²) in [5.74, 6) is 0. The number of rotatable bonds is 3. The molecule has 0 unspecified atom stereocenters. The lowest BCUT2D eigenvalue weighted by Crippen LogP contribution is -2.46. The van der Waals surface area contributed by atoms with Gasteiger partial charge in [0.1, 0.15) is 0 Å². The van der Waals surface area contributed by atoms with Crippen molar-refractivity contribution in [2.75, 3.05) is 32.8 Å². The van der Waals surface area contributed by atoms with E-state index in [1.54, 1.807) is 0 Å². The quantitative estimate of drug-likeness (QED) is 0.863. The molecule has 0 saturated carbocycles. The Morgan fingerprint density at radius 2 is 2.00 bits per heavy atom. The Balaban J connectivity index is 2.24. The summed E-state index contributed by atoms with van der Waals surface area (Å²) in [6.07, 6.45) is 0. The Bertz CT molecular complexity index is 381. The minimum absolute atomic E-state index is 0.0731. The fourth-order valence-corrected chi connectivity index (χ4v) is 3.06. The van der Waals surface area contributed by atoms with Gasteiger partial charge < -0.3 is 10.4 Å². The van der Waals surface area contributed by atoms with E-state index in [4.69, 9.17) is 0 Å². The Labute approximate surface area is 118 Å². The van der Waals surface area contributed by atoms with Crippen LogP contribution in [-0.2, 0) is 0 Å². The summed E-state index contributed by atoms with van der Waals surface area (Å²) >= 11 is 7.05. The highest BCUT2D eigenvalue weighted by molar-refractivity contribution is 9.11. The largest absolute Gasteiger partial charge is 0.394 e. The van der Waals surface area contributed by atoms with Crippen LogP contribution in [0.4, 0.5) is 0 Å². The molecule has 94 valence electrons. The number of nitrogens with zero attached hydrogens (tertiary/aromatic N) is 1. The van der Waals surface area contributed by atoms with E-state index >= 15 is 0 Å². The molecule has 0 bridgehead atoms. The average molecular weight is 364 g/mol. The van der Waals surface area contributed by atoms with Gasteiger partial charge in [-0.25, -0.2) is 0 Å². The molecular formula is C12H16Br2N2O. The van der Waals surface area contributed by atoms with Gasteiger partial charge in [0, 0.05) is 35.1 Å². The van der Waals surface area contributed by atoms with E-state index in [0.717, 1.165) is 40.7 Å². The van der Waals surface area contributed by atoms with E-state index in [1.807, 2.05) is 12.1 Å². The van der Waals surface area contributed by atoms with Gasteiger partial charge in [0.25, 0.3) is 0 Å². The molecule has 1 atom stereocenters. The molecule has 0 radical (unpaired) electrons. The van der Waals surface area contributed by atoms with E-state index < -0.39 is 0 Å². The van der Waals surface area contributed by atoms with Crippen molar-refractivity contribution >= 4 is 31.9 Å². The highest BCUT2D eigenvalue weighted by atomic mass is 79.9. The molecule has 1 aliphatic rings. The maximum atomic E-state index is 9.65. The van der Waals surface area contributed by atoms with Gasteiger partial charge in [-0.2, -0.15) is 0 Å². The van der Waals surface area contributed by atoms with Crippen molar-refractivity contribution in [1.82, 2.24) is 10.2 Å². The lowest BCUT2D eigenvalue weighted by atomic mass is 10.1. The molecule has 0 aliphatic carbocycles. The summed E-state index contributed by atoms with van der Waals surface area (Å²) in [6, 6.07) is 6.17. The molecular weight excluding hydrogens is 348 g/mol. The van der Waals surface area contributed by atoms with Crippen molar-refractivity contribution in [3.63, 3.8) is 0 Å². The molecule has 1 fully saturated rings. The number of hydrogen-bond donors (Lipinski definition) is 2. The fourth-order valence-electron chi connectivity index (χ4n) is 2.17. The summed E-state index contributed by atoms with van der Waals surface area (Å²) < 4.78 is 2.10. The Morgan fingerprint density at radius 1 is 1.29 bits per heavy atom. The molecule has 2 N–H and O–H groups in total. The van der Waals surface area contributed by atoms with E-state index in [9.17, 15) is 5.11 Å². The first kappa shape index (κ1) is 13.5. The second kappa shape index (κ2) is 6.29. The average Bonchev–Trinajstić information content (AvgIpc) is 2.36. The summed E-state index contributed by atoms with van der Waals surface area (Å²) in [5.41, 5.74) is 1.14. The number of halogens is 2. The third-order valence-corrected chi connectivity index (χ3v) is 4.30. The van der Waals surface area contributed by atoms with E-state index in [2.05, 4.69) is 48.1 Å². The van der Waals surface area contributed by atoms with Gasteiger partial charge in [0.05, 0.1) is 12.6 Å². The van der Waals surface area contributed by atoms with Gasteiger partial charge in [-0.3, -0.25) is 4.90 Å². The Hall–Kier alpha value is 0.0600. The van der Waals surface area contributed by atoms with Crippen molar-refractivity contribution in [2.45, 2.75) is 6.04 Å². The Morgan fingerprint density at radius 3 is 2.65 bits per heavy atom. The lowest BCUT2D eigenvalue weighted by molar-refractivity contribution is 0.110.